The van der Waals surface area contributed by atoms with Crippen molar-refractivity contribution in [1.29, 1.82) is 0 Å². The zero-order valence-corrected chi connectivity index (χ0v) is 6.01. The topological polar surface area (TPSA) is 26.0 Å². The van der Waals surface area contributed by atoms with E-state index in [1.54, 1.807) is 0 Å². The van der Waals surface area contributed by atoms with Gasteiger partial charge in [-0.25, -0.2) is 0 Å². The van der Waals surface area contributed by atoms with Crippen molar-refractivity contribution in [3.05, 3.63) is 0 Å². The lowest BCUT2D eigenvalue weighted by Crippen LogP contribution is -2.41. The number of fused-ring (bicyclic) bond motifs is 1. The highest BCUT2D eigenvalue weighted by molar-refractivity contribution is 5.01. The van der Waals surface area contributed by atoms with Gasteiger partial charge in [-0.05, 0) is 43.1 Å². The summed E-state index contributed by atoms with van der Waals surface area (Å²) >= 11 is 0. The summed E-state index contributed by atoms with van der Waals surface area (Å²) in [5.74, 6) is 3.96. The number of hydrogen-bond acceptors (Lipinski definition) is 1. The summed E-state index contributed by atoms with van der Waals surface area (Å²) < 4.78 is 0. The smallest absolute Gasteiger partial charge is 0.00434 e. The van der Waals surface area contributed by atoms with Gasteiger partial charge in [0.1, 0.15) is 0 Å². The Morgan fingerprint density at radius 1 is 1.33 bits per heavy atom. The summed E-state index contributed by atoms with van der Waals surface area (Å²) in [6, 6.07) is 0. The van der Waals surface area contributed by atoms with Gasteiger partial charge in [0.15, 0.2) is 0 Å². The molecule has 0 aromatic rings. The second-order valence-electron chi connectivity index (χ2n) is 3.66. The molecule has 3 aliphatic carbocycles. The molecule has 0 heterocycles. The minimum Gasteiger partial charge on any atom is -0.330 e. The van der Waals surface area contributed by atoms with Gasteiger partial charge in [-0.15, -0.1) is 0 Å². The van der Waals surface area contributed by atoms with E-state index < -0.39 is 0 Å². The number of hydrogen-bond donors (Lipinski definition) is 1. The van der Waals surface area contributed by atoms with Gasteiger partial charge in [-0.3, -0.25) is 0 Å². The minimum absolute atomic E-state index is 0.917. The predicted molar refractivity (Wildman–Crippen MR) is 37.9 cm³/mol. The maximum absolute atomic E-state index is 5.62. The van der Waals surface area contributed by atoms with Gasteiger partial charge >= 0.3 is 0 Å². The quantitative estimate of drug-likeness (QED) is 0.560. The molecule has 2 atom stereocenters. The van der Waals surface area contributed by atoms with E-state index in [2.05, 4.69) is 6.92 Å². The fourth-order valence-corrected chi connectivity index (χ4v) is 2.96. The fraction of sp³-hybridized carbons (Fsp3) is 1.00. The largest absolute Gasteiger partial charge is 0.330 e. The zero-order chi connectivity index (χ0) is 6.43. The molecule has 0 radical (unpaired) electrons. The van der Waals surface area contributed by atoms with Crippen molar-refractivity contribution in [2.24, 2.45) is 29.4 Å². The molecule has 3 saturated carbocycles. The summed E-state index contributed by atoms with van der Waals surface area (Å²) in [6.45, 7) is 3.33. The third-order valence-corrected chi connectivity index (χ3v) is 3.56. The standard InChI is InChI=1S/C8H15N/c1-5-6-2-3-7(5)8(6)4-9/h5-8H,2-4,9H2,1H3. The van der Waals surface area contributed by atoms with Crippen LogP contribution >= 0.6 is 0 Å². The zero-order valence-electron chi connectivity index (χ0n) is 6.01. The maximum Gasteiger partial charge on any atom is -0.00434 e. The third-order valence-electron chi connectivity index (χ3n) is 3.56. The van der Waals surface area contributed by atoms with Crippen molar-refractivity contribution in [3.63, 3.8) is 0 Å². The van der Waals surface area contributed by atoms with Crippen LogP contribution in [0, 0.1) is 23.7 Å². The Bertz CT molecular complexity index is 110. The van der Waals surface area contributed by atoms with Crippen LogP contribution in [0.2, 0.25) is 0 Å². The van der Waals surface area contributed by atoms with Crippen LogP contribution in [0.4, 0.5) is 0 Å². The average Bonchev–Trinajstić information content (AvgIpc) is 2.41. The van der Waals surface area contributed by atoms with Crippen molar-refractivity contribution in [1.82, 2.24) is 0 Å². The van der Waals surface area contributed by atoms with Crippen LogP contribution in [0.15, 0.2) is 0 Å². The second-order valence-corrected chi connectivity index (χ2v) is 3.66. The van der Waals surface area contributed by atoms with Gasteiger partial charge in [-0.1, -0.05) is 6.92 Å². The van der Waals surface area contributed by atoms with E-state index in [1.165, 1.54) is 12.8 Å². The van der Waals surface area contributed by atoms with E-state index in [1.807, 2.05) is 0 Å². The van der Waals surface area contributed by atoms with Crippen LogP contribution in [0.3, 0.4) is 0 Å². The van der Waals surface area contributed by atoms with E-state index in [4.69, 9.17) is 5.73 Å². The second kappa shape index (κ2) is 1.72. The molecular formula is C8H15N. The molecule has 2 bridgehead atoms. The molecule has 3 rings (SSSR count). The molecule has 2 unspecified atom stereocenters. The first-order chi connectivity index (χ1) is 4.34. The van der Waals surface area contributed by atoms with Gasteiger partial charge in [0.25, 0.3) is 0 Å². The van der Waals surface area contributed by atoms with Crippen LogP contribution in [-0.2, 0) is 0 Å². The third kappa shape index (κ3) is 0.536. The Morgan fingerprint density at radius 2 is 1.89 bits per heavy atom. The molecule has 0 amide bonds. The van der Waals surface area contributed by atoms with E-state index in [0.717, 1.165) is 30.2 Å². The molecule has 9 heavy (non-hydrogen) atoms. The Morgan fingerprint density at radius 3 is 2.11 bits per heavy atom. The molecule has 0 spiro atoms. The summed E-state index contributed by atoms with van der Waals surface area (Å²) in [6.07, 6.45) is 2.93. The highest BCUT2D eigenvalue weighted by Crippen LogP contribution is 2.57. The van der Waals surface area contributed by atoms with Crippen LogP contribution in [-0.4, -0.2) is 6.54 Å². The molecule has 52 valence electrons. The van der Waals surface area contributed by atoms with Gasteiger partial charge < -0.3 is 5.73 Å². The van der Waals surface area contributed by atoms with Gasteiger partial charge in [0, 0.05) is 0 Å². The molecule has 0 aliphatic heterocycles. The van der Waals surface area contributed by atoms with Crippen molar-refractivity contribution in [2.75, 3.05) is 6.54 Å². The van der Waals surface area contributed by atoms with E-state index in [9.17, 15) is 0 Å². The first kappa shape index (κ1) is 5.72. The van der Waals surface area contributed by atoms with Gasteiger partial charge in [0.2, 0.25) is 0 Å². The van der Waals surface area contributed by atoms with Crippen molar-refractivity contribution in [2.45, 2.75) is 19.8 Å². The van der Waals surface area contributed by atoms with E-state index in [0.29, 0.717) is 0 Å². The maximum atomic E-state index is 5.62. The van der Waals surface area contributed by atoms with E-state index in [-0.39, 0.29) is 0 Å². The summed E-state index contributed by atoms with van der Waals surface area (Å²) in [4.78, 5) is 0. The number of nitrogens with two attached hydrogens (primary N) is 1. The first-order valence-corrected chi connectivity index (χ1v) is 4.04. The molecule has 0 saturated heterocycles. The molecule has 0 aromatic heterocycles. The molecule has 1 nitrogen and oxygen atoms in total. The molecule has 0 aromatic carbocycles. The first-order valence-electron chi connectivity index (χ1n) is 4.04. The van der Waals surface area contributed by atoms with Gasteiger partial charge in [0.05, 0.1) is 0 Å². The van der Waals surface area contributed by atoms with Crippen molar-refractivity contribution < 1.29 is 0 Å². The Balaban J connectivity index is 2.05. The summed E-state index contributed by atoms with van der Waals surface area (Å²) in [5.41, 5.74) is 5.62. The molecule has 3 aliphatic rings. The lowest BCUT2D eigenvalue weighted by Gasteiger charge is -2.42. The lowest BCUT2D eigenvalue weighted by molar-refractivity contribution is 0.0723. The number of rotatable bonds is 1. The average molecular weight is 125 g/mol. The Kier molecular flexibility index (Phi) is 1.10. The van der Waals surface area contributed by atoms with Crippen LogP contribution in [0.25, 0.3) is 0 Å². The molecular weight excluding hydrogens is 110 g/mol. The van der Waals surface area contributed by atoms with Crippen LogP contribution < -0.4 is 5.73 Å². The lowest BCUT2D eigenvalue weighted by atomic mass is 9.64. The van der Waals surface area contributed by atoms with E-state index >= 15 is 0 Å². The van der Waals surface area contributed by atoms with Crippen molar-refractivity contribution >= 4 is 0 Å². The summed E-state index contributed by atoms with van der Waals surface area (Å²) in [7, 11) is 0. The fourth-order valence-electron chi connectivity index (χ4n) is 2.96. The Labute approximate surface area is 56.6 Å². The highest BCUT2D eigenvalue weighted by Gasteiger charge is 2.51. The molecule has 3 fully saturated rings. The summed E-state index contributed by atoms with van der Waals surface area (Å²) in [5, 5.41) is 0. The van der Waals surface area contributed by atoms with Gasteiger partial charge in [-0.2, -0.15) is 0 Å². The SMILES string of the molecule is CC1C2CCC1C2CN. The minimum atomic E-state index is 0.917. The monoisotopic (exact) mass is 125 g/mol. The molecule has 2 N–H and O–H groups in total. The highest BCUT2D eigenvalue weighted by atomic mass is 14.7. The van der Waals surface area contributed by atoms with Crippen molar-refractivity contribution in [3.8, 4) is 0 Å². The predicted octanol–water partition coefficient (Wildman–Crippen LogP) is 1.24. The normalized spacial score (nSPS) is 55.3. The molecule has 1 heteroatoms. The van der Waals surface area contributed by atoms with Crippen LogP contribution in [0.1, 0.15) is 19.8 Å². The van der Waals surface area contributed by atoms with Crippen LogP contribution in [0.5, 0.6) is 0 Å². The Hall–Kier alpha value is -0.0400.